The molecular weight excluding hydrogens is 451 g/mol. The van der Waals surface area contributed by atoms with Gasteiger partial charge >= 0.3 is 0 Å². The van der Waals surface area contributed by atoms with E-state index in [0.29, 0.717) is 0 Å². The summed E-state index contributed by atoms with van der Waals surface area (Å²) in [4.78, 5) is 0. The van der Waals surface area contributed by atoms with E-state index < -0.39 is 7.92 Å². The Bertz CT molecular complexity index is 1170. The molecule has 3 nitrogen and oxygen atoms in total. The van der Waals surface area contributed by atoms with Crippen molar-refractivity contribution in [2.45, 2.75) is 65.7 Å². The third-order valence-electron chi connectivity index (χ3n) is 6.31. The van der Waals surface area contributed by atoms with Crippen LogP contribution in [-0.4, -0.2) is 31.6 Å². The third kappa shape index (κ3) is 5.21. The van der Waals surface area contributed by atoms with Crippen LogP contribution in [0.15, 0.2) is 48.5 Å². The number of aryl methyl sites for hydroxylation is 2. The summed E-state index contributed by atoms with van der Waals surface area (Å²) < 4.78 is 18.2. The maximum Gasteiger partial charge on any atom is 0.138 e. The average molecular weight is 493 g/mol. The van der Waals surface area contributed by atoms with Gasteiger partial charge in [0.05, 0.1) is 26.9 Å². The molecule has 0 fully saturated rings. The predicted octanol–water partition coefficient (Wildman–Crippen LogP) is 8.37. The van der Waals surface area contributed by atoms with Crippen molar-refractivity contribution in [3.05, 3.63) is 59.7 Å². The Labute approximate surface area is 213 Å². The van der Waals surface area contributed by atoms with Gasteiger partial charge in [-0.3, -0.25) is 0 Å². The van der Waals surface area contributed by atoms with Gasteiger partial charge in [0, 0.05) is 10.9 Å². The lowest BCUT2D eigenvalue weighted by Crippen LogP contribution is -2.33. The number of hydrogen-bond donors (Lipinski definition) is 0. The highest BCUT2D eigenvalue weighted by Gasteiger charge is 2.40. The number of methoxy groups -OCH3 is 3. The largest absolute Gasteiger partial charge is 0.496 e. The molecule has 0 unspecified atom stereocenters. The zero-order chi connectivity index (χ0) is 26.1. The minimum Gasteiger partial charge on any atom is -0.496 e. The summed E-state index contributed by atoms with van der Waals surface area (Å²) in [7, 11) is 4.62. The molecule has 4 heteroatoms. The van der Waals surface area contributed by atoms with Gasteiger partial charge in [-0.15, -0.1) is 0 Å². The highest BCUT2D eigenvalue weighted by Crippen LogP contribution is 2.62. The van der Waals surface area contributed by atoms with E-state index in [1.54, 1.807) is 21.3 Å². The van der Waals surface area contributed by atoms with Crippen molar-refractivity contribution < 1.29 is 14.2 Å². The maximum absolute atomic E-state index is 6.23. The second-order valence-electron chi connectivity index (χ2n) is 11.0. The molecule has 0 spiro atoms. The zero-order valence-electron chi connectivity index (χ0n) is 23.3. The topological polar surface area (TPSA) is 27.7 Å². The van der Waals surface area contributed by atoms with Crippen LogP contribution < -0.4 is 19.5 Å². The highest BCUT2D eigenvalue weighted by atomic mass is 31.1. The van der Waals surface area contributed by atoms with Gasteiger partial charge in [0.15, 0.2) is 0 Å². The summed E-state index contributed by atoms with van der Waals surface area (Å²) in [5.41, 5.74) is 6.70. The molecule has 0 aliphatic carbocycles. The van der Waals surface area contributed by atoms with Crippen molar-refractivity contribution in [3.8, 4) is 39.5 Å². The number of benzene rings is 3. The molecule has 0 bridgehead atoms. The zero-order valence-corrected chi connectivity index (χ0v) is 24.2. The molecule has 3 aromatic rings. The minimum atomic E-state index is -0.642. The normalized spacial score (nSPS) is 12.1. The summed E-state index contributed by atoms with van der Waals surface area (Å²) >= 11 is 0. The van der Waals surface area contributed by atoms with Gasteiger partial charge in [-0.2, -0.15) is 0 Å². The molecule has 0 heterocycles. The first kappa shape index (κ1) is 27.1. The fraction of sp³-hybridized carbons (Fsp3) is 0.419. The van der Waals surface area contributed by atoms with Crippen LogP contribution in [0.25, 0.3) is 22.3 Å². The molecule has 0 aliphatic rings. The molecule has 0 saturated carbocycles. The SMILES string of the molecule is COc1cc(C)c(-c2c(C)ccc(OC)c2P(C(C)(C)C)C(C)(C)C)c(OC)c1-c1ccccc1. The molecule has 35 heavy (non-hydrogen) atoms. The van der Waals surface area contributed by atoms with Gasteiger partial charge in [0.25, 0.3) is 0 Å². The number of hydrogen-bond acceptors (Lipinski definition) is 3. The lowest BCUT2D eigenvalue weighted by Gasteiger charge is -2.43. The Morgan fingerprint density at radius 1 is 0.600 bits per heavy atom. The molecule has 0 aliphatic heterocycles. The van der Waals surface area contributed by atoms with Crippen LogP contribution in [0.2, 0.25) is 0 Å². The Kier molecular flexibility index (Phi) is 7.92. The molecule has 0 amide bonds. The van der Waals surface area contributed by atoms with Gasteiger partial charge < -0.3 is 14.2 Å². The fourth-order valence-electron chi connectivity index (χ4n) is 5.36. The fourth-order valence-corrected chi connectivity index (χ4v) is 9.62. The van der Waals surface area contributed by atoms with E-state index in [2.05, 4.69) is 97.9 Å². The van der Waals surface area contributed by atoms with Crippen LogP contribution in [0.1, 0.15) is 52.7 Å². The first-order chi connectivity index (χ1) is 16.4. The van der Waals surface area contributed by atoms with Crippen molar-refractivity contribution in [2.75, 3.05) is 21.3 Å². The molecule has 0 saturated heterocycles. The highest BCUT2D eigenvalue weighted by molar-refractivity contribution is 7.69. The van der Waals surface area contributed by atoms with Crippen molar-refractivity contribution in [1.82, 2.24) is 0 Å². The predicted molar refractivity (Wildman–Crippen MR) is 153 cm³/mol. The van der Waals surface area contributed by atoms with Crippen LogP contribution in [0.3, 0.4) is 0 Å². The van der Waals surface area contributed by atoms with Crippen LogP contribution in [0.4, 0.5) is 0 Å². The summed E-state index contributed by atoms with van der Waals surface area (Å²) in [6.45, 7) is 18.4. The standard InChI is InChI=1S/C31H41O3P/c1-20-17-18-23(32-9)29(35(30(3,4)5)31(6,7)8)26(20)25-21(2)19-24(33-10)27(28(25)34-11)22-15-13-12-14-16-22/h12-19H,1-11H3. The number of rotatable bonds is 6. The van der Waals surface area contributed by atoms with E-state index in [1.165, 1.54) is 16.4 Å². The van der Waals surface area contributed by atoms with E-state index in [9.17, 15) is 0 Å². The van der Waals surface area contributed by atoms with Crippen LogP contribution in [0.5, 0.6) is 17.2 Å². The van der Waals surface area contributed by atoms with E-state index >= 15 is 0 Å². The van der Waals surface area contributed by atoms with Gasteiger partial charge in [0.2, 0.25) is 0 Å². The molecular formula is C31H41O3P. The lowest BCUT2D eigenvalue weighted by atomic mass is 9.90. The van der Waals surface area contributed by atoms with Crippen LogP contribution >= 0.6 is 7.92 Å². The minimum absolute atomic E-state index is 0.0687. The Balaban J connectivity index is 2.56. The molecule has 3 aromatic carbocycles. The molecule has 0 radical (unpaired) electrons. The summed E-state index contributed by atoms with van der Waals surface area (Å²) in [5.74, 6) is 2.59. The van der Waals surface area contributed by atoms with Gasteiger partial charge in [0.1, 0.15) is 17.2 Å². The summed E-state index contributed by atoms with van der Waals surface area (Å²) in [6, 6.07) is 16.8. The second-order valence-corrected chi connectivity index (χ2v) is 14.8. The summed E-state index contributed by atoms with van der Waals surface area (Å²) in [6.07, 6.45) is 0. The van der Waals surface area contributed by atoms with Crippen molar-refractivity contribution in [1.29, 1.82) is 0 Å². The van der Waals surface area contributed by atoms with E-state index in [0.717, 1.165) is 39.5 Å². The van der Waals surface area contributed by atoms with Crippen molar-refractivity contribution >= 4 is 13.2 Å². The number of ether oxygens (including phenoxy) is 3. The van der Waals surface area contributed by atoms with E-state index in [1.807, 2.05) is 6.07 Å². The van der Waals surface area contributed by atoms with Crippen molar-refractivity contribution in [3.63, 3.8) is 0 Å². The molecule has 0 aromatic heterocycles. The molecule has 0 N–H and O–H groups in total. The average Bonchev–Trinajstić information content (AvgIpc) is 2.78. The van der Waals surface area contributed by atoms with Gasteiger partial charge in [-0.1, -0.05) is 85.9 Å². The van der Waals surface area contributed by atoms with Gasteiger partial charge in [-0.05, 0) is 58.5 Å². The van der Waals surface area contributed by atoms with Gasteiger partial charge in [-0.25, -0.2) is 0 Å². The first-order valence-corrected chi connectivity index (χ1v) is 13.5. The first-order valence-electron chi connectivity index (χ1n) is 12.2. The maximum atomic E-state index is 6.23. The molecule has 188 valence electrons. The Hall–Kier alpha value is -2.51. The molecule has 3 rings (SSSR count). The van der Waals surface area contributed by atoms with Crippen LogP contribution in [-0.2, 0) is 0 Å². The Morgan fingerprint density at radius 3 is 1.66 bits per heavy atom. The lowest BCUT2D eigenvalue weighted by molar-refractivity contribution is 0.398. The summed E-state index contributed by atoms with van der Waals surface area (Å²) in [5, 5.41) is 1.44. The van der Waals surface area contributed by atoms with Crippen molar-refractivity contribution in [2.24, 2.45) is 0 Å². The monoisotopic (exact) mass is 492 g/mol. The molecule has 0 atom stereocenters. The Morgan fingerprint density at radius 2 is 1.17 bits per heavy atom. The smallest absolute Gasteiger partial charge is 0.138 e. The van der Waals surface area contributed by atoms with E-state index in [4.69, 9.17) is 14.2 Å². The third-order valence-corrected chi connectivity index (χ3v) is 9.89. The second kappa shape index (κ2) is 10.2. The van der Waals surface area contributed by atoms with E-state index in [-0.39, 0.29) is 10.3 Å². The quantitative estimate of drug-likeness (QED) is 0.324. The van der Waals surface area contributed by atoms with Crippen LogP contribution in [0, 0.1) is 13.8 Å².